The predicted octanol–water partition coefficient (Wildman–Crippen LogP) is 0.239. The number of likely N-dealkylation sites (N-methyl/N-ethyl adjacent to an activating group) is 2. The average Bonchev–Trinajstić information content (AvgIpc) is 2.44. The molecule has 0 aromatic carbocycles. The van der Waals surface area contributed by atoms with Crippen LogP contribution in [0, 0.1) is 51.1 Å². The summed E-state index contributed by atoms with van der Waals surface area (Å²) >= 11 is -4.78. The van der Waals surface area contributed by atoms with Crippen molar-refractivity contribution >= 4 is 0 Å². The number of hydrogen-bond donors (Lipinski definition) is 1. The van der Waals surface area contributed by atoms with E-state index in [-0.39, 0.29) is 0 Å². The van der Waals surface area contributed by atoms with Gasteiger partial charge in [0.25, 0.3) is 0 Å². The number of nitriles is 5. The molecule has 0 amide bonds. The molecule has 1 N–H and O–H groups in total. The second-order valence-corrected chi connectivity index (χ2v) is 7.43. The van der Waals surface area contributed by atoms with Crippen LogP contribution in [0.1, 0.15) is 6.92 Å². The van der Waals surface area contributed by atoms with Crippen molar-refractivity contribution in [1.82, 2.24) is 10.2 Å². The van der Waals surface area contributed by atoms with Crippen molar-refractivity contribution in [1.29, 1.82) is 26.3 Å². The molecular weight excluding hydrogens is 286 g/mol. The molecule has 0 saturated heterocycles. The zero-order chi connectivity index (χ0) is 15.4. The Morgan fingerprint density at radius 2 is 1.26 bits per heavy atom. The molecule has 0 unspecified atom stereocenters. The molecule has 0 rings (SSSR count). The van der Waals surface area contributed by atoms with E-state index in [0.29, 0.717) is 0 Å². The summed E-state index contributed by atoms with van der Waals surface area (Å²) < 4.78 is 0. The quantitative estimate of drug-likeness (QED) is 0.580. The molecule has 0 aliphatic rings. The fourth-order valence-electron chi connectivity index (χ4n) is 0.656. The summed E-state index contributed by atoms with van der Waals surface area (Å²) in [6.45, 7) is 5.43. The molecule has 0 bridgehead atoms. The first-order valence-electron chi connectivity index (χ1n) is 5.13. The van der Waals surface area contributed by atoms with Crippen LogP contribution in [-0.4, -0.2) is 38.6 Å². The molecule has 7 nitrogen and oxygen atoms in total. The molecule has 0 aromatic heterocycles. The van der Waals surface area contributed by atoms with Crippen LogP contribution in [0.2, 0.25) is 0 Å². The van der Waals surface area contributed by atoms with Gasteiger partial charge in [-0.1, -0.05) is 6.92 Å². The summed E-state index contributed by atoms with van der Waals surface area (Å²) in [5.74, 6) is 0. The van der Waals surface area contributed by atoms with E-state index in [1.54, 1.807) is 0 Å². The summed E-state index contributed by atoms with van der Waals surface area (Å²) in [6, 6.07) is 0. The topological polar surface area (TPSA) is 134 Å². The summed E-state index contributed by atoms with van der Waals surface area (Å²) in [7, 11) is 4.16. The molecule has 0 spiro atoms. The van der Waals surface area contributed by atoms with Gasteiger partial charge in [-0.2, -0.15) is 0 Å². The minimum atomic E-state index is -4.78. The minimum absolute atomic E-state index is 1.08. The van der Waals surface area contributed by atoms with Gasteiger partial charge in [-0.05, 0) is 20.6 Å². The SMILES string of the molecule is CCNCCN(C)C.N#[C][Fe]([C]#N)([C]#N)([C]#N)[C]#N. The average molecular weight is 302 g/mol. The molecule has 103 valence electrons. The molecule has 0 atom stereocenters. The fourth-order valence-corrected chi connectivity index (χ4v) is 1.21. The predicted molar refractivity (Wildman–Crippen MR) is 65.2 cm³/mol. The molecule has 8 heteroatoms. The maximum absolute atomic E-state index is 8.35. The first-order chi connectivity index (χ1) is 8.89. The van der Waals surface area contributed by atoms with E-state index >= 15 is 0 Å². The molecule has 0 aliphatic heterocycles. The van der Waals surface area contributed by atoms with Gasteiger partial charge in [0, 0.05) is 13.1 Å². The third-order valence-corrected chi connectivity index (χ3v) is 4.25. The van der Waals surface area contributed by atoms with Gasteiger partial charge in [0.2, 0.25) is 0 Å². The van der Waals surface area contributed by atoms with E-state index in [9.17, 15) is 0 Å². The van der Waals surface area contributed by atoms with Crippen molar-refractivity contribution in [3.8, 4) is 24.8 Å². The van der Waals surface area contributed by atoms with Crippen molar-refractivity contribution in [2.75, 3.05) is 33.7 Å². The van der Waals surface area contributed by atoms with E-state index in [1.165, 1.54) is 24.8 Å². The van der Waals surface area contributed by atoms with Crippen molar-refractivity contribution in [2.24, 2.45) is 0 Å². The summed E-state index contributed by atoms with van der Waals surface area (Å²) in [5.41, 5.74) is 0. The van der Waals surface area contributed by atoms with Crippen LogP contribution >= 0.6 is 0 Å². The third kappa shape index (κ3) is 5.85. The zero-order valence-electron chi connectivity index (χ0n) is 11.2. The summed E-state index contributed by atoms with van der Waals surface area (Å²) in [6.07, 6.45) is 0. The van der Waals surface area contributed by atoms with E-state index in [4.69, 9.17) is 26.3 Å². The Labute approximate surface area is 114 Å². The normalized spacial score (nSPS) is 11.0. The molecule has 0 fully saturated rings. The van der Waals surface area contributed by atoms with Crippen molar-refractivity contribution in [3.05, 3.63) is 0 Å². The van der Waals surface area contributed by atoms with E-state index in [1.807, 2.05) is 0 Å². The van der Waals surface area contributed by atoms with Crippen LogP contribution < -0.4 is 5.32 Å². The Morgan fingerprint density at radius 1 is 0.895 bits per heavy atom. The Bertz CT molecular complexity index is 393. The number of rotatable bonds is 4. The van der Waals surface area contributed by atoms with Crippen LogP contribution in [-0.2, 0) is 11.8 Å². The monoisotopic (exact) mass is 302 g/mol. The number of nitrogens with zero attached hydrogens (tertiary/aromatic N) is 6. The Balaban J connectivity index is 0. The molecule has 0 radical (unpaired) electrons. The molecular formula is C11H16FeN7. The number of nitrogens with one attached hydrogen (secondary N) is 1. The molecule has 0 aromatic rings. The van der Waals surface area contributed by atoms with Crippen LogP contribution in [0.25, 0.3) is 0 Å². The van der Waals surface area contributed by atoms with E-state index < -0.39 is 11.8 Å². The molecule has 0 heterocycles. The summed E-state index contributed by atoms with van der Waals surface area (Å²) in [5, 5.41) is 45.0. The standard InChI is InChI=1S/C6H16N2.5CN.Fe/c1-4-7-5-6-8(2)3;5*1-2;/h7H,4-6H2,1-3H3;;;;;;. The van der Waals surface area contributed by atoms with Gasteiger partial charge in [0.1, 0.15) is 0 Å². The van der Waals surface area contributed by atoms with E-state index in [2.05, 4.69) is 31.2 Å². The van der Waals surface area contributed by atoms with Gasteiger partial charge in [-0.15, -0.1) is 0 Å². The van der Waals surface area contributed by atoms with Crippen LogP contribution in [0.15, 0.2) is 0 Å². The van der Waals surface area contributed by atoms with Gasteiger partial charge in [-0.3, -0.25) is 0 Å². The zero-order valence-corrected chi connectivity index (χ0v) is 12.3. The van der Waals surface area contributed by atoms with Gasteiger partial charge < -0.3 is 10.2 Å². The Hall–Kier alpha value is -2.11. The van der Waals surface area contributed by atoms with Gasteiger partial charge in [0.15, 0.2) is 0 Å². The Kier molecular flexibility index (Phi) is 9.01. The van der Waals surface area contributed by atoms with Crippen LogP contribution in [0.4, 0.5) is 0 Å². The molecule has 0 saturated carbocycles. The van der Waals surface area contributed by atoms with Crippen LogP contribution in [0.3, 0.4) is 0 Å². The summed E-state index contributed by atoms with van der Waals surface area (Å²) in [4.78, 5) is 8.29. The Morgan fingerprint density at radius 3 is 1.42 bits per heavy atom. The fraction of sp³-hybridized carbons (Fsp3) is 0.545. The van der Waals surface area contributed by atoms with Crippen LogP contribution in [0.5, 0.6) is 0 Å². The third-order valence-electron chi connectivity index (χ3n) is 1.78. The molecule has 19 heavy (non-hydrogen) atoms. The van der Waals surface area contributed by atoms with Crippen molar-refractivity contribution in [3.63, 3.8) is 0 Å². The van der Waals surface area contributed by atoms with Gasteiger partial charge in [0.05, 0.1) is 0 Å². The maximum atomic E-state index is 8.35. The van der Waals surface area contributed by atoms with Gasteiger partial charge in [-0.25, -0.2) is 0 Å². The first kappa shape index (κ1) is 19.2. The van der Waals surface area contributed by atoms with Crippen molar-refractivity contribution < 1.29 is 11.8 Å². The van der Waals surface area contributed by atoms with Crippen molar-refractivity contribution in [2.45, 2.75) is 6.92 Å². The van der Waals surface area contributed by atoms with E-state index in [0.717, 1.165) is 19.6 Å². The second kappa shape index (κ2) is 8.90. The number of hydrogen-bond acceptors (Lipinski definition) is 7. The van der Waals surface area contributed by atoms with Gasteiger partial charge >= 0.3 is 62.9 Å². The molecule has 0 aliphatic carbocycles. The second-order valence-electron chi connectivity index (χ2n) is 3.44. The first-order valence-corrected chi connectivity index (χ1v) is 7.89.